The van der Waals surface area contributed by atoms with Gasteiger partial charge in [0.05, 0.1) is 10.8 Å². The molecule has 0 aliphatic carbocycles. The fourth-order valence-corrected chi connectivity index (χ4v) is 4.69. The van der Waals surface area contributed by atoms with Crippen LogP contribution in [0.5, 0.6) is 0 Å². The Hall–Kier alpha value is -1.40. The molecule has 0 spiro atoms. The van der Waals surface area contributed by atoms with Gasteiger partial charge in [-0.1, -0.05) is 12.1 Å². The first-order chi connectivity index (χ1) is 10.2. The van der Waals surface area contributed by atoms with Crippen molar-refractivity contribution in [3.05, 3.63) is 29.3 Å². The first-order valence-electron chi connectivity index (χ1n) is 7.52. The second-order valence-corrected chi connectivity index (χ2v) is 8.11. The average molecular weight is 324 g/mol. The van der Waals surface area contributed by atoms with Crippen molar-refractivity contribution in [2.45, 2.75) is 31.6 Å². The van der Waals surface area contributed by atoms with Gasteiger partial charge < -0.3 is 4.90 Å². The number of amides is 1. The fourth-order valence-electron chi connectivity index (χ4n) is 2.85. The molecule has 6 heteroatoms. The molecule has 5 nitrogen and oxygen atoms in total. The van der Waals surface area contributed by atoms with E-state index in [9.17, 15) is 13.2 Å². The number of benzene rings is 1. The van der Waals surface area contributed by atoms with Gasteiger partial charge in [0, 0.05) is 27.2 Å². The van der Waals surface area contributed by atoms with Gasteiger partial charge in [0.1, 0.15) is 0 Å². The molecule has 0 N–H and O–H groups in total. The van der Waals surface area contributed by atoms with Gasteiger partial charge in [-0.15, -0.1) is 0 Å². The van der Waals surface area contributed by atoms with Gasteiger partial charge >= 0.3 is 0 Å². The number of carbonyl (C=O) groups excluding carboxylic acids is 1. The Labute approximate surface area is 133 Å². The molecule has 0 saturated carbocycles. The summed E-state index contributed by atoms with van der Waals surface area (Å²) >= 11 is 0. The molecule has 0 radical (unpaired) electrons. The van der Waals surface area contributed by atoms with Crippen molar-refractivity contribution in [2.75, 3.05) is 27.2 Å². The normalized spacial score (nSPS) is 19.9. The number of piperidine rings is 1. The molecule has 1 saturated heterocycles. The van der Waals surface area contributed by atoms with Gasteiger partial charge in [-0.25, -0.2) is 8.42 Å². The van der Waals surface area contributed by atoms with Crippen LogP contribution in [0.2, 0.25) is 0 Å². The zero-order chi connectivity index (χ0) is 16.5. The van der Waals surface area contributed by atoms with Gasteiger partial charge in [-0.05, 0) is 43.9 Å². The van der Waals surface area contributed by atoms with Crippen molar-refractivity contribution in [3.8, 4) is 0 Å². The van der Waals surface area contributed by atoms with Gasteiger partial charge in [0.25, 0.3) is 0 Å². The largest absolute Gasteiger partial charge is 0.349 e. The summed E-state index contributed by atoms with van der Waals surface area (Å²) in [6.45, 7) is 4.44. The van der Waals surface area contributed by atoms with Gasteiger partial charge in [-0.3, -0.25) is 4.79 Å². The average Bonchev–Trinajstić information content (AvgIpc) is 2.48. The van der Waals surface area contributed by atoms with Crippen LogP contribution in [0.15, 0.2) is 23.1 Å². The van der Waals surface area contributed by atoms with E-state index in [-0.39, 0.29) is 18.4 Å². The highest BCUT2D eigenvalue weighted by atomic mass is 32.2. The lowest BCUT2D eigenvalue weighted by Crippen LogP contribution is -2.45. The molecule has 122 valence electrons. The number of rotatable bonds is 3. The predicted molar refractivity (Wildman–Crippen MR) is 86.1 cm³/mol. The number of hydrogen-bond acceptors (Lipinski definition) is 3. The fraction of sp³-hybridized carbons (Fsp3) is 0.562. The minimum absolute atomic E-state index is 0.000800. The van der Waals surface area contributed by atoms with Crippen LogP contribution in [0.1, 0.15) is 24.0 Å². The SMILES string of the molecule is Cc1ccc(C)c(S(=O)(=O)N2CCC[C@H](C(=O)N(C)C)C2)c1. The number of sulfonamides is 1. The monoisotopic (exact) mass is 324 g/mol. The minimum Gasteiger partial charge on any atom is -0.349 e. The molecule has 0 aromatic heterocycles. The van der Waals surface area contributed by atoms with E-state index in [0.717, 1.165) is 17.5 Å². The topological polar surface area (TPSA) is 57.7 Å². The van der Waals surface area contributed by atoms with Crippen molar-refractivity contribution >= 4 is 15.9 Å². The molecule has 1 aliphatic rings. The molecular weight excluding hydrogens is 300 g/mol. The maximum atomic E-state index is 12.9. The smallest absolute Gasteiger partial charge is 0.243 e. The van der Waals surface area contributed by atoms with Crippen LogP contribution < -0.4 is 0 Å². The number of carbonyl (C=O) groups is 1. The van der Waals surface area contributed by atoms with Crippen LogP contribution >= 0.6 is 0 Å². The van der Waals surface area contributed by atoms with Gasteiger partial charge in [0.15, 0.2) is 0 Å². The molecule has 22 heavy (non-hydrogen) atoms. The Kier molecular flexibility index (Phi) is 4.92. The summed E-state index contributed by atoms with van der Waals surface area (Å²) in [6, 6.07) is 5.44. The number of nitrogens with zero attached hydrogens (tertiary/aromatic N) is 2. The Morgan fingerprint density at radius 2 is 1.95 bits per heavy atom. The number of aryl methyl sites for hydroxylation is 2. The van der Waals surface area contributed by atoms with E-state index >= 15 is 0 Å². The van der Waals surface area contributed by atoms with E-state index in [2.05, 4.69) is 0 Å². The zero-order valence-electron chi connectivity index (χ0n) is 13.7. The summed E-state index contributed by atoms with van der Waals surface area (Å²) in [5.41, 5.74) is 1.66. The van der Waals surface area contributed by atoms with Gasteiger partial charge in [0.2, 0.25) is 15.9 Å². The van der Waals surface area contributed by atoms with Crippen LogP contribution in [-0.2, 0) is 14.8 Å². The van der Waals surface area contributed by atoms with E-state index in [1.54, 1.807) is 32.0 Å². The molecule has 1 aromatic carbocycles. The summed E-state index contributed by atoms with van der Waals surface area (Å²) in [5.74, 6) is -0.246. The molecule has 0 bridgehead atoms. The first-order valence-corrected chi connectivity index (χ1v) is 8.96. The highest BCUT2D eigenvalue weighted by Gasteiger charge is 2.34. The van der Waals surface area contributed by atoms with E-state index < -0.39 is 10.0 Å². The molecule has 1 aliphatic heterocycles. The van der Waals surface area contributed by atoms with Crippen LogP contribution in [-0.4, -0.2) is 50.7 Å². The molecule has 1 amide bonds. The van der Waals surface area contributed by atoms with Crippen molar-refractivity contribution in [2.24, 2.45) is 5.92 Å². The van der Waals surface area contributed by atoms with Gasteiger partial charge in [-0.2, -0.15) is 4.31 Å². The maximum absolute atomic E-state index is 12.9. The highest BCUT2D eigenvalue weighted by molar-refractivity contribution is 7.89. The van der Waals surface area contributed by atoms with Crippen molar-refractivity contribution in [3.63, 3.8) is 0 Å². The standard InChI is InChI=1S/C16H24N2O3S/c1-12-7-8-13(2)15(10-12)22(20,21)18-9-5-6-14(11-18)16(19)17(3)4/h7-8,10,14H,5-6,9,11H2,1-4H3/t14-/m0/s1. The van der Waals surface area contributed by atoms with Crippen LogP contribution in [0.3, 0.4) is 0 Å². The van der Waals surface area contributed by atoms with Crippen LogP contribution in [0.25, 0.3) is 0 Å². The Balaban J connectivity index is 2.29. The summed E-state index contributed by atoms with van der Waals surface area (Å²) in [6.07, 6.45) is 1.46. The molecule has 2 rings (SSSR count). The van der Waals surface area contributed by atoms with E-state index in [1.807, 2.05) is 19.1 Å². The third kappa shape index (κ3) is 3.33. The predicted octanol–water partition coefficient (Wildman–Crippen LogP) is 1.79. The minimum atomic E-state index is -3.54. The van der Waals surface area contributed by atoms with Crippen LogP contribution in [0.4, 0.5) is 0 Å². The molecule has 1 heterocycles. The molecule has 1 fully saturated rings. The molecule has 1 aromatic rings. The molecule has 1 atom stereocenters. The Morgan fingerprint density at radius 3 is 2.59 bits per heavy atom. The van der Waals surface area contributed by atoms with E-state index in [1.165, 1.54) is 4.31 Å². The van der Waals surface area contributed by atoms with Crippen LogP contribution in [0, 0.1) is 19.8 Å². The van der Waals surface area contributed by atoms with E-state index in [4.69, 9.17) is 0 Å². The third-order valence-electron chi connectivity index (χ3n) is 4.14. The lowest BCUT2D eigenvalue weighted by atomic mass is 9.98. The third-order valence-corrected chi connectivity index (χ3v) is 6.14. The summed E-state index contributed by atoms with van der Waals surface area (Å²) in [4.78, 5) is 14.0. The highest BCUT2D eigenvalue weighted by Crippen LogP contribution is 2.27. The second kappa shape index (κ2) is 6.38. The number of hydrogen-bond donors (Lipinski definition) is 0. The molecular formula is C16H24N2O3S. The summed E-state index contributed by atoms with van der Waals surface area (Å²) in [7, 11) is -0.127. The van der Waals surface area contributed by atoms with Crippen molar-refractivity contribution < 1.29 is 13.2 Å². The molecule has 0 unspecified atom stereocenters. The quantitative estimate of drug-likeness (QED) is 0.852. The lowest BCUT2D eigenvalue weighted by molar-refractivity contribution is -0.134. The van der Waals surface area contributed by atoms with E-state index in [0.29, 0.717) is 17.9 Å². The second-order valence-electron chi connectivity index (χ2n) is 6.20. The first kappa shape index (κ1) is 17.0. The van der Waals surface area contributed by atoms with Crippen molar-refractivity contribution in [1.29, 1.82) is 0 Å². The zero-order valence-corrected chi connectivity index (χ0v) is 14.5. The lowest BCUT2D eigenvalue weighted by Gasteiger charge is -2.32. The maximum Gasteiger partial charge on any atom is 0.243 e. The summed E-state index contributed by atoms with van der Waals surface area (Å²) < 4.78 is 27.3. The Bertz CT molecular complexity index is 668. The van der Waals surface area contributed by atoms with Crippen molar-refractivity contribution in [1.82, 2.24) is 9.21 Å². The Morgan fingerprint density at radius 1 is 1.27 bits per heavy atom. The summed E-state index contributed by atoms with van der Waals surface area (Å²) in [5, 5.41) is 0.